The van der Waals surface area contributed by atoms with Crippen molar-refractivity contribution in [1.29, 1.82) is 0 Å². The molecule has 156 valence electrons. The summed E-state index contributed by atoms with van der Waals surface area (Å²) in [6, 6.07) is 15.0. The van der Waals surface area contributed by atoms with Gasteiger partial charge in [-0.1, -0.05) is 48.5 Å². The number of carbonyl (C=O) groups excluding carboxylic acids is 3. The molecule has 0 spiro atoms. The first-order valence-corrected chi connectivity index (χ1v) is 10.2. The number of hydrogen-bond donors (Lipinski definition) is 3. The Labute approximate surface area is 175 Å². The zero-order valence-electron chi connectivity index (χ0n) is 16.9. The molecule has 0 aromatic heterocycles. The zero-order valence-corrected chi connectivity index (χ0v) is 16.9. The fourth-order valence-corrected chi connectivity index (χ4v) is 4.32. The number of amides is 3. The minimum atomic E-state index is -0.607. The molecule has 7 heteroatoms. The van der Waals surface area contributed by atoms with Crippen molar-refractivity contribution in [1.82, 2.24) is 15.5 Å². The lowest BCUT2D eigenvalue weighted by atomic mass is 9.99. The first kappa shape index (κ1) is 20.3. The van der Waals surface area contributed by atoms with Crippen LogP contribution in [0.15, 0.2) is 48.5 Å². The molecule has 0 bridgehead atoms. The van der Waals surface area contributed by atoms with Crippen LogP contribution in [-0.4, -0.2) is 34.7 Å². The van der Waals surface area contributed by atoms with Crippen molar-refractivity contribution >= 4 is 17.7 Å². The highest BCUT2D eigenvalue weighted by atomic mass is 16.2. The number of fused-ring (bicyclic) bond motifs is 1. The molecular formula is C23H26N4O3. The quantitative estimate of drug-likeness (QED) is 0.633. The van der Waals surface area contributed by atoms with Crippen molar-refractivity contribution in [2.75, 3.05) is 0 Å². The van der Waals surface area contributed by atoms with E-state index in [2.05, 4.69) is 10.6 Å². The van der Waals surface area contributed by atoms with E-state index in [-0.39, 0.29) is 30.3 Å². The molecule has 1 fully saturated rings. The number of hydrogen-bond acceptors (Lipinski definition) is 5. The predicted octanol–water partition coefficient (Wildman–Crippen LogP) is 1.63. The standard InChI is InChI=1S/C23H26N4O3/c1-14(24)21(15-6-3-2-4-7-15)25-12-16-8-5-9-17-13-27(23(30)20(16)17)18-10-11-19(28)26-22(18)29/h2-9,14,18,21,25H,10-13,24H2,1H3,(H,26,28,29). The van der Waals surface area contributed by atoms with Crippen molar-refractivity contribution in [2.45, 2.75) is 51.0 Å². The smallest absolute Gasteiger partial charge is 0.255 e. The Morgan fingerprint density at radius 1 is 1.13 bits per heavy atom. The summed E-state index contributed by atoms with van der Waals surface area (Å²) in [5.41, 5.74) is 9.74. The monoisotopic (exact) mass is 406 g/mol. The van der Waals surface area contributed by atoms with Crippen LogP contribution in [-0.2, 0) is 22.7 Å². The van der Waals surface area contributed by atoms with Crippen LogP contribution in [0.25, 0.3) is 0 Å². The van der Waals surface area contributed by atoms with Gasteiger partial charge in [-0.25, -0.2) is 0 Å². The average Bonchev–Trinajstić information content (AvgIpc) is 3.06. The van der Waals surface area contributed by atoms with Gasteiger partial charge in [-0.3, -0.25) is 19.7 Å². The van der Waals surface area contributed by atoms with Crippen LogP contribution in [0.1, 0.15) is 52.9 Å². The maximum atomic E-state index is 13.2. The number of rotatable bonds is 6. The normalized spacial score (nSPS) is 20.7. The molecular weight excluding hydrogens is 380 g/mol. The van der Waals surface area contributed by atoms with Gasteiger partial charge in [0.1, 0.15) is 6.04 Å². The van der Waals surface area contributed by atoms with Crippen LogP contribution in [0.2, 0.25) is 0 Å². The number of nitrogens with two attached hydrogens (primary N) is 1. The summed E-state index contributed by atoms with van der Waals surface area (Å²) in [5, 5.41) is 5.83. The van der Waals surface area contributed by atoms with Gasteiger partial charge in [0.25, 0.3) is 5.91 Å². The molecule has 3 amide bonds. The minimum Gasteiger partial charge on any atom is -0.326 e. The highest BCUT2D eigenvalue weighted by Gasteiger charge is 2.39. The Kier molecular flexibility index (Phi) is 5.65. The predicted molar refractivity (Wildman–Crippen MR) is 112 cm³/mol. The Balaban J connectivity index is 1.53. The molecule has 2 aliphatic heterocycles. The van der Waals surface area contributed by atoms with Crippen molar-refractivity contribution < 1.29 is 14.4 Å². The Morgan fingerprint density at radius 3 is 2.60 bits per heavy atom. The van der Waals surface area contributed by atoms with E-state index in [1.54, 1.807) is 4.90 Å². The maximum Gasteiger partial charge on any atom is 0.255 e. The number of piperidine rings is 1. The number of benzene rings is 2. The van der Waals surface area contributed by atoms with E-state index in [4.69, 9.17) is 5.73 Å². The van der Waals surface area contributed by atoms with Gasteiger partial charge in [0, 0.05) is 37.2 Å². The summed E-state index contributed by atoms with van der Waals surface area (Å²) in [5.74, 6) is -0.838. The first-order chi connectivity index (χ1) is 14.5. The topological polar surface area (TPSA) is 105 Å². The van der Waals surface area contributed by atoms with Crippen molar-refractivity contribution in [3.05, 3.63) is 70.8 Å². The van der Waals surface area contributed by atoms with Crippen LogP contribution < -0.4 is 16.4 Å². The number of carbonyl (C=O) groups is 3. The van der Waals surface area contributed by atoms with E-state index in [0.29, 0.717) is 25.1 Å². The van der Waals surface area contributed by atoms with Gasteiger partial charge in [0.15, 0.2) is 0 Å². The van der Waals surface area contributed by atoms with E-state index in [1.165, 1.54) is 0 Å². The van der Waals surface area contributed by atoms with Crippen LogP contribution in [0.5, 0.6) is 0 Å². The van der Waals surface area contributed by atoms with Gasteiger partial charge in [0.05, 0.1) is 0 Å². The van der Waals surface area contributed by atoms with E-state index in [1.807, 2.05) is 55.5 Å². The Hall–Kier alpha value is -3.03. The van der Waals surface area contributed by atoms with Crippen LogP contribution in [0, 0.1) is 0 Å². The molecule has 30 heavy (non-hydrogen) atoms. The average molecular weight is 406 g/mol. The zero-order chi connectivity index (χ0) is 21.3. The molecule has 4 N–H and O–H groups in total. The van der Waals surface area contributed by atoms with E-state index >= 15 is 0 Å². The van der Waals surface area contributed by atoms with Gasteiger partial charge in [-0.2, -0.15) is 0 Å². The third kappa shape index (κ3) is 3.86. The van der Waals surface area contributed by atoms with Gasteiger partial charge < -0.3 is 16.0 Å². The summed E-state index contributed by atoms with van der Waals surface area (Å²) in [4.78, 5) is 38.5. The molecule has 2 aromatic rings. The summed E-state index contributed by atoms with van der Waals surface area (Å²) in [7, 11) is 0. The SMILES string of the molecule is CC(N)C(NCc1cccc2c1C(=O)N(C1CCC(=O)NC1=O)C2)c1ccccc1. The molecule has 3 atom stereocenters. The van der Waals surface area contributed by atoms with Crippen LogP contribution in [0.4, 0.5) is 0 Å². The van der Waals surface area contributed by atoms with E-state index in [9.17, 15) is 14.4 Å². The molecule has 0 radical (unpaired) electrons. The molecule has 1 saturated heterocycles. The lowest BCUT2D eigenvalue weighted by molar-refractivity contribution is -0.136. The van der Waals surface area contributed by atoms with E-state index in [0.717, 1.165) is 16.7 Å². The summed E-state index contributed by atoms with van der Waals surface area (Å²) < 4.78 is 0. The van der Waals surface area contributed by atoms with Crippen LogP contribution >= 0.6 is 0 Å². The molecule has 4 rings (SSSR count). The number of nitrogens with one attached hydrogen (secondary N) is 2. The second-order valence-electron chi connectivity index (χ2n) is 7.98. The van der Waals surface area contributed by atoms with Crippen molar-refractivity contribution in [2.24, 2.45) is 5.73 Å². The van der Waals surface area contributed by atoms with Gasteiger partial charge >= 0.3 is 0 Å². The molecule has 2 aromatic carbocycles. The van der Waals surface area contributed by atoms with Gasteiger partial charge in [0.2, 0.25) is 11.8 Å². The van der Waals surface area contributed by atoms with Gasteiger partial charge in [-0.05, 0) is 30.0 Å². The lowest BCUT2D eigenvalue weighted by Gasteiger charge is -2.29. The molecule has 2 aliphatic rings. The van der Waals surface area contributed by atoms with Crippen molar-refractivity contribution in [3.63, 3.8) is 0 Å². The maximum absolute atomic E-state index is 13.2. The minimum absolute atomic E-state index is 0.0511. The summed E-state index contributed by atoms with van der Waals surface area (Å²) in [6.45, 7) is 2.82. The summed E-state index contributed by atoms with van der Waals surface area (Å²) >= 11 is 0. The third-order valence-corrected chi connectivity index (χ3v) is 5.84. The molecule has 2 heterocycles. The number of imide groups is 1. The third-order valence-electron chi connectivity index (χ3n) is 5.84. The fourth-order valence-electron chi connectivity index (χ4n) is 4.32. The van der Waals surface area contributed by atoms with Crippen molar-refractivity contribution in [3.8, 4) is 0 Å². The molecule has 0 saturated carbocycles. The lowest BCUT2D eigenvalue weighted by Crippen LogP contribution is -2.52. The molecule has 0 aliphatic carbocycles. The molecule has 3 unspecified atom stereocenters. The highest BCUT2D eigenvalue weighted by molar-refractivity contribution is 6.05. The second kappa shape index (κ2) is 8.38. The van der Waals surface area contributed by atoms with E-state index < -0.39 is 11.9 Å². The van der Waals surface area contributed by atoms with Gasteiger partial charge in [-0.15, -0.1) is 0 Å². The Bertz CT molecular complexity index is 974. The first-order valence-electron chi connectivity index (χ1n) is 10.2. The second-order valence-corrected chi connectivity index (χ2v) is 7.98. The fraction of sp³-hybridized carbons (Fsp3) is 0.348. The Morgan fingerprint density at radius 2 is 1.90 bits per heavy atom. The summed E-state index contributed by atoms with van der Waals surface area (Å²) in [6.07, 6.45) is 0.608. The van der Waals surface area contributed by atoms with Crippen LogP contribution in [0.3, 0.4) is 0 Å². The number of nitrogens with zero attached hydrogens (tertiary/aromatic N) is 1. The molecule has 7 nitrogen and oxygen atoms in total. The highest BCUT2D eigenvalue weighted by Crippen LogP contribution is 2.30. The largest absolute Gasteiger partial charge is 0.326 e.